The number of carbonyl (C=O) groups is 1. The van der Waals surface area contributed by atoms with Crippen molar-refractivity contribution in [3.05, 3.63) is 0 Å². The Morgan fingerprint density at radius 1 is 1.24 bits per heavy atom. The van der Waals surface area contributed by atoms with Crippen LogP contribution < -0.4 is 0 Å². The average molecular weight is 300 g/mol. The van der Waals surface area contributed by atoms with Crippen molar-refractivity contribution < 1.29 is 19.0 Å². The molecule has 1 unspecified atom stereocenters. The van der Waals surface area contributed by atoms with Crippen LogP contribution in [0.3, 0.4) is 0 Å². The molecule has 0 aromatic carbocycles. The number of hydrogen-bond donors (Lipinski definition) is 0. The Hall–Kier alpha value is -0.610. The second-order valence-electron chi connectivity index (χ2n) is 6.47. The molecular weight excluding hydrogens is 268 g/mol. The monoisotopic (exact) mass is 300 g/mol. The van der Waals surface area contributed by atoms with Gasteiger partial charge >= 0.3 is 5.97 Å². The number of esters is 1. The summed E-state index contributed by atoms with van der Waals surface area (Å²) in [6.07, 6.45) is 7.44. The molecule has 0 aliphatic carbocycles. The number of hydrogen-bond acceptors (Lipinski definition) is 4. The van der Waals surface area contributed by atoms with Crippen LogP contribution in [0.25, 0.3) is 0 Å². The lowest BCUT2D eigenvalue weighted by Gasteiger charge is -2.17. The Bertz CT molecular complexity index is 295. The lowest BCUT2D eigenvalue weighted by molar-refractivity contribution is -0.158. The quantitative estimate of drug-likeness (QED) is 0.571. The van der Waals surface area contributed by atoms with E-state index in [1.807, 2.05) is 13.8 Å². The first kappa shape index (κ1) is 18.4. The van der Waals surface area contributed by atoms with Crippen molar-refractivity contribution >= 4 is 5.97 Å². The molecule has 1 fully saturated rings. The fourth-order valence-corrected chi connectivity index (χ4v) is 2.89. The number of carbonyl (C=O) groups excluding carboxylic acids is 1. The molecule has 1 heterocycles. The van der Waals surface area contributed by atoms with Crippen LogP contribution in [0.2, 0.25) is 0 Å². The van der Waals surface area contributed by atoms with Crippen molar-refractivity contribution in [1.29, 1.82) is 0 Å². The molecule has 1 aliphatic heterocycles. The fraction of sp³-hybridized carbons (Fsp3) is 0.941. The highest BCUT2D eigenvalue weighted by Gasteiger charge is 2.33. The average Bonchev–Trinajstić information content (AvgIpc) is 2.76. The summed E-state index contributed by atoms with van der Waals surface area (Å²) in [6.45, 7) is 8.99. The van der Waals surface area contributed by atoms with Crippen LogP contribution in [0.5, 0.6) is 0 Å². The van der Waals surface area contributed by atoms with E-state index in [0.29, 0.717) is 19.6 Å². The zero-order chi connectivity index (χ0) is 15.7. The molecular formula is C17H32O4. The Kier molecular flexibility index (Phi) is 8.27. The molecule has 1 saturated heterocycles. The molecule has 0 amide bonds. The SMILES string of the molecule is CCCC(CCC)CCCC(=O)OCC1COC(C)(C)O1. The minimum absolute atomic E-state index is 0.116. The van der Waals surface area contributed by atoms with Crippen LogP contribution in [-0.4, -0.2) is 31.1 Å². The highest BCUT2D eigenvalue weighted by atomic mass is 16.7. The Morgan fingerprint density at radius 2 is 1.90 bits per heavy atom. The molecule has 0 bridgehead atoms. The summed E-state index contributed by atoms with van der Waals surface area (Å²) in [6, 6.07) is 0. The van der Waals surface area contributed by atoms with Crippen molar-refractivity contribution in [2.24, 2.45) is 5.92 Å². The van der Waals surface area contributed by atoms with Crippen LogP contribution in [0, 0.1) is 5.92 Å². The first-order valence-electron chi connectivity index (χ1n) is 8.44. The van der Waals surface area contributed by atoms with E-state index >= 15 is 0 Å². The Labute approximate surface area is 129 Å². The van der Waals surface area contributed by atoms with E-state index in [2.05, 4.69) is 13.8 Å². The Balaban J connectivity index is 2.11. The van der Waals surface area contributed by atoms with E-state index in [-0.39, 0.29) is 12.1 Å². The van der Waals surface area contributed by atoms with Gasteiger partial charge in [0.05, 0.1) is 6.61 Å². The van der Waals surface area contributed by atoms with Gasteiger partial charge in [0.2, 0.25) is 0 Å². The van der Waals surface area contributed by atoms with Crippen LogP contribution >= 0.6 is 0 Å². The number of ether oxygens (including phenoxy) is 3. The molecule has 124 valence electrons. The van der Waals surface area contributed by atoms with Gasteiger partial charge < -0.3 is 14.2 Å². The van der Waals surface area contributed by atoms with Gasteiger partial charge in [-0.15, -0.1) is 0 Å². The Morgan fingerprint density at radius 3 is 2.43 bits per heavy atom. The zero-order valence-corrected chi connectivity index (χ0v) is 14.2. The molecule has 0 radical (unpaired) electrons. The van der Waals surface area contributed by atoms with Crippen molar-refractivity contribution in [3.8, 4) is 0 Å². The fourth-order valence-electron chi connectivity index (χ4n) is 2.89. The van der Waals surface area contributed by atoms with Crippen LogP contribution in [0.4, 0.5) is 0 Å². The third-order valence-corrected chi connectivity index (χ3v) is 3.88. The van der Waals surface area contributed by atoms with Gasteiger partial charge in [-0.3, -0.25) is 4.79 Å². The van der Waals surface area contributed by atoms with Gasteiger partial charge in [-0.25, -0.2) is 0 Å². The molecule has 1 atom stereocenters. The lowest BCUT2D eigenvalue weighted by Crippen LogP contribution is -2.25. The van der Waals surface area contributed by atoms with Gasteiger partial charge in [0.25, 0.3) is 0 Å². The van der Waals surface area contributed by atoms with E-state index in [1.54, 1.807) is 0 Å². The lowest BCUT2D eigenvalue weighted by atomic mass is 9.93. The van der Waals surface area contributed by atoms with Gasteiger partial charge in [-0.2, -0.15) is 0 Å². The molecule has 0 saturated carbocycles. The highest BCUT2D eigenvalue weighted by Crippen LogP contribution is 2.23. The summed E-state index contributed by atoms with van der Waals surface area (Å²) in [7, 11) is 0. The van der Waals surface area contributed by atoms with Gasteiger partial charge in [0.15, 0.2) is 5.79 Å². The highest BCUT2D eigenvalue weighted by molar-refractivity contribution is 5.69. The van der Waals surface area contributed by atoms with Crippen molar-refractivity contribution in [3.63, 3.8) is 0 Å². The number of rotatable bonds is 10. The van der Waals surface area contributed by atoms with Gasteiger partial charge in [-0.1, -0.05) is 39.5 Å². The molecule has 0 N–H and O–H groups in total. The largest absolute Gasteiger partial charge is 0.463 e. The van der Waals surface area contributed by atoms with Crippen molar-refractivity contribution in [2.75, 3.05) is 13.2 Å². The van der Waals surface area contributed by atoms with E-state index in [9.17, 15) is 4.79 Å². The second-order valence-corrected chi connectivity index (χ2v) is 6.47. The van der Waals surface area contributed by atoms with Gasteiger partial charge in [-0.05, 0) is 32.6 Å². The second kappa shape index (κ2) is 9.42. The molecule has 21 heavy (non-hydrogen) atoms. The van der Waals surface area contributed by atoms with Crippen molar-refractivity contribution in [1.82, 2.24) is 0 Å². The normalized spacial score (nSPS) is 20.9. The minimum atomic E-state index is -0.551. The molecule has 1 rings (SSSR count). The minimum Gasteiger partial charge on any atom is -0.463 e. The third-order valence-electron chi connectivity index (χ3n) is 3.88. The van der Waals surface area contributed by atoms with E-state index in [1.165, 1.54) is 25.7 Å². The van der Waals surface area contributed by atoms with Crippen LogP contribution in [-0.2, 0) is 19.0 Å². The van der Waals surface area contributed by atoms with Crippen molar-refractivity contribution in [2.45, 2.75) is 84.5 Å². The molecule has 0 aromatic rings. The molecule has 1 aliphatic rings. The third kappa shape index (κ3) is 7.82. The molecule has 0 spiro atoms. The summed E-state index contributed by atoms with van der Waals surface area (Å²) in [5.74, 6) is 0.0974. The zero-order valence-electron chi connectivity index (χ0n) is 14.2. The van der Waals surface area contributed by atoms with E-state index in [4.69, 9.17) is 14.2 Å². The van der Waals surface area contributed by atoms with E-state index in [0.717, 1.165) is 18.8 Å². The predicted molar refractivity (Wildman–Crippen MR) is 83.0 cm³/mol. The first-order chi connectivity index (χ1) is 9.96. The van der Waals surface area contributed by atoms with E-state index < -0.39 is 5.79 Å². The van der Waals surface area contributed by atoms with Gasteiger partial charge in [0.1, 0.15) is 12.7 Å². The summed E-state index contributed by atoms with van der Waals surface area (Å²) in [5.41, 5.74) is 0. The predicted octanol–water partition coefficient (Wildman–Crippen LogP) is 4.07. The van der Waals surface area contributed by atoms with Gasteiger partial charge in [0, 0.05) is 6.42 Å². The topological polar surface area (TPSA) is 44.8 Å². The summed E-state index contributed by atoms with van der Waals surface area (Å²) < 4.78 is 16.3. The summed E-state index contributed by atoms with van der Waals surface area (Å²) in [5, 5.41) is 0. The molecule has 0 aromatic heterocycles. The standard InChI is InChI=1S/C17H32O4/c1-5-8-14(9-6-2)10-7-11-16(18)19-12-15-13-20-17(3,4)21-15/h14-15H,5-13H2,1-4H3. The van der Waals surface area contributed by atoms with Crippen LogP contribution in [0.1, 0.15) is 72.6 Å². The first-order valence-corrected chi connectivity index (χ1v) is 8.44. The van der Waals surface area contributed by atoms with Crippen LogP contribution in [0.15, 0.2) is 0 Å². The maximum atomic E-state index is 11.7. The maximum Gasteiger partial charge on any atom is 0.305 e. The summed E-state index contributed by atoms with van der Waals surface area (Å²) in [4.78, 5) is 11.7. The smallest absolute Gasteiger partial charge is 0.305 e. The molecule has 4 nitrogen and oxygen atoms in total. The molecule has 4 heteroatoms. The maximum absolute atomic E-state index is 11.7. The summed E-state index contributed by atoms with van der Waals surface area (Å²) >= 11 is 0.